The van der Waals surface area contributed by atoms with Crippen LogP contribution in [-0.2, 0) is 25.7 Å². The molecular weight excluding hydrogens is 436 g/mol. The summed E-state index contributed by atoms with van der Waals surface area (Å²) in [6, 6.07) is 1.07. The Labute approximate surface area is 190 Å². The molecule has 0 saturated carbocycles. The normalized spacial score (nSPS) is 18.9. The quantitative estimate of drug-likeness (QED) is 0.236. The second kappa shape index (κ2) is 11.0. The number of carbonyl (C=O) groups excluding carboxylic acids is 4. The summed E-state index contributed by atoms with van der Waals surface area (Å²) in [5, 5.41) is 6.88. The second-order valence-electron chi connectivity index (χ2n) is 8.39. The van der Waals surface area contributed by atoms with Crippen LogP contribution in [0.4, 0.5) is 4.79 Å². The molecule has 1 aromatic heterocycles. The van der Waals surface area contributed by atoms with Crippen LogP contribution in [0.25, 0.3) is 0 Å². The summed E-state index contributed by atoms with van der Waals surface area (Å²) in [7, 11) is 0. The highest BCUT2D eigenvalue weighted by Gasteiger charge is 2.38. The van der Waals surface area contributed by atoms with Gasteiger partial charge in [0.05, 0.1) is 13.1 Å². The Morgan fingerprint density at radius 3 is 2.72 bits per heavy atom. The summed E-state index contributed by atoms with van der Waals surface area (Å²) in [6.45, 7) is 5.98. The molecule has 2 heterocycles. The number of amides is 4. The van der Waals surface area contributed by atoms with E-state index in [1.165, 1.54) is 16.2 Å². The first-order valence-corrected chi connectivity index (χ1v) is 11.0. The molecular formula is C20H30N6O5S. The van der Waals surface area contributed by atoms with Gasteiger partial charge in [-0.05, 0) is 45.7 Å². The van der Waals surface area contributed by atoms with Crippen molar-refractivity contribution in [2.75, 3.05) is 19.6 Å². The summed E-state index contributed by atoms with van der Waals surface area (Å²) in [5.74, 6) is -0.597. The van der Waals surface area contributed by atoms with E-state index in [2.05, 4.69) is 15.6 Å². The maximum absolute atomic E-state index is 12.7. The molecule has 32 heavy (non-hydrogen) atoms. The third-order valence-electron chi connectivity index (χ3n) is 4.67. The summed E-state index contributed by atoms with van der Waals surface area (Å²) >= 11 is 1.35. The van der Waals surface area contributed by atoms with Gasteiger partial charge in [0.25, 0.3) is 0 Å². The Hall–Kier alpha value is -2.99. The molecule has 0 aromatic carbocycles. The van der Waals surface area contributed by atoms with E-state index in [1.54, 1.807) is 32.2 Å². The van der Waals surface area contributed by atoms with Gasteiger partial charge < -0.3 is 31.7 Å². The zero-order valence-corrected chi connectivity index (χ0v) is 19.2. The number of rotatable bonds is 8. The van der Waals surface area contributed by atoms with Crippen LogP contribution in [0.15, 0.2) is 16.4 Å². The highest BCUT2D eigenvalue weighted by atomic mass is 32.1. The smallest absolute Gasteiger partial charge is 0.436 e. The van der Waals surface area contributed by atoms with Gasteiger partial charge >= 0.3 is 6.09 Å². The van der Waals surface area contributed by atoms with Crippen molar-refractivity contribution in [2.45, 2.75) is 45.4 Å². The van der Waals surface area contributed by atoms with E-state index in [9.17, 15) is 19.2 Å². The number of nitrogens with two attached hydrogens (primary N) is 2. The zero-order valence-electron chi connectivity index (χ0n) is 18.4. The fourth-order valence-corrected chi connectivity index (χ4v) is 4.01. The molecule has 0 bridgehead atoms. The van der Waals surface area contributed by atoms with Crippen LogP contribution in [0.1, 0.15) is 37.6 Å². The maximum atomic E-state index is 12.7. The molecule has 0 radical (unpaired) electrons. The summed E-state index contributed by atoms with van der Waals surface area (Å²) in [4.78, 5) is 53.3. The van der Waals surface area contributed by atoms with Crippen molar-refractivity contribution >= 4 is 41.5 Å². The highest BCUT2D eigenvalue weighted by Crippen LogP contribution is 2.23. The van der Waals surface area contributed by atoms with E-state index >= 15 is 0 Å². The number of nitrogens with one attached hydrogen (secondary N) is 2. The minimum Gasteiger partial charge on any atom is -0.442 e. The molecule has 12 heteroatoms. The predicted molar refractivity (Wildman–Crippen MR) is 120 cm³/mol. The minimum absolute atomic E-state index is 0.0168. The number of nitrogens with zero attached hydrogens (tertiary/aromatic N) is 2. The molecule has 1 saturated heterocycles. The largest absolute Gasteiger partial charge is 0.442 e. The van der Waals surface area contributed by atoms with Gasteiger partial charge in [0.2, 0.25) is 18.2 Å². The SMILES string of the molecule is CC(C)(C)OC(=O)N=C(N)c1csc(CNC(=O)C2CC(CN)CN2C(=O)CNC=O)c1. The number of hydrogen-bond acceptors (Lipinski definition) is 7. The number of likely N-dealkylation sites (tertiary alicyclic amines) is 1. The van der Waals surface area contributed by atoms with E-state index in [0.717, 1.165) is 4.88 Å². The van der Waals surface area contributed by atoms with Crippen LogP contribution >= 0.6 is 11.3 Å². The van der Waals surface area contributed by atoms with Crippen molar-refractivity contribution in [3.05, 3.63) is 21.9 Å². The van der Waals surface area contributed by atoms with Gasteiger partial charge in [-0.25, -0.2) is 4.79 Å². The van der Waals surface area contributed by atoms with Gasteiger partial charge in [-0.3, -0.25) is 14.4 Å². The van der Waals surface area contributed by atoms with E-state index in [-0.39, 0.29) is 36.7 Å². The third kappa shape index (κ3) is 7.31. The molecule has 1 aliphatic rings. The van der Waals surface area contributed by atoms with E-state index in [1.807, 2.05) is 0 Å². The molecule has 0 aliphatic carbocycles. The third-order valence-corrected chi connectivity index (χ3v) is 5.61. The zero-order chi connectivity index (χ0) is 23.9. The van der Waals surface area contributed by atoms with Crippen molar-refractivity contribution in [1.29, 1.82) is 0 Å². The Balaban J connectivity index is 1.97. The number of hydrogen-bond donors (Lipinski definition) is 4. The van der Waals surface area contributed by atoms with Crippen LogP contribution in [0.5, 0.6) is 0 Å². The Morgan fingerprint density at radius 1 is 1.38 bits per heavy atom. The van der Waals surface area contributed by atoms with Gasteiger partial charge in [-0.15, -0.1) is 11.3 Å². The molecule has 1 aliphatic heterocycles. The topological polar surface area (TPSA) is 169 Å². The van der Waals surface area contributed by atoms with Gasteiger partial charge in [-0.2, -0.15) is 4.99 Å². The summed E-state index contributed by atoms with van der Waals surface area (Å²) in [6.07, 6.45) is 0.122. The lowest BCUT2D eigenvalue weighted by Gasteiger charge is -2.23. The lowest BCUT2D eigenvalue weighted by Crippen LogP contribution is -2.48. The van der Waals surface area contributed by atoms with Crippen molar-refractivity contribution < 1.29 is 23.9 Å². The van der Waals surface area contributed by atoms with Crippen molar-refractivity contribution in [1.82, 2.24) is 15.5 Å². The number of aliphatic imine (C=N–C) groups is 1. The van der Waals surface area contributed by atoms with Crippen molar-refractivity contribution in [3.63, 3.8) is 0 Å². The van der Waals surface area contributed by atoms with Crippen LogP contribution in [0.2, 0.25) is 0 Å². The Bertz CT molecular complexity index is 878. The minimum atomic E-state index is -0.777. The van der Waals surface area contributed by atoms with Gasteiger partial charge in [0.15, 0.2) is 0 Å². The number of ether oxygens (including phenoxy) is 1. The van der Waals surface area contributed by atoms with Gasteiger partial charge in [0, 0.05) is 22.4 Å². The Morgan fingerprint density at radius 2 is 2.09 bits per heavy atom. The van der Waals surface area contributed by atoms with Crippen LogP contribution in [0, 0.1) is 5.92 Å². The molecule has 2 atom stereocenters. The number of thiophene rings is 1. The number of carbonyl (C=O) groups is 4. The highest BCUT2D eigenvalue weighted by molar-refractivity contribution is 7.10. The van der Waals surface area contributed by atoms with Gasteiger partial charge in [0.1, 0.15) is 17.5 Å². The molecule has 6 N–H and O–H groups in total. The maximum Gasteiger partial charge on any atom is 0.436 e. The standard InChI is InChI=1S/C20H30N6O5S/c1-20(2,3)31-19(30)25-17(22)13-5-14(32-10-13)7-24-18(29)15-4-12(6-21)9-26(15)16(28)8-23-11-27/h5,10-12,15H,4,6-9,21H2,1-3H3,(H,23,27)(H,24,29)(H2,22,25,30). The van der Waals surface area contributed by atoms with Gasteiger partial charge in [-0.1, -0.05) is 0 Å². The Kier molecular flexibility index (Phi) is 8.72. The lowest BCUT2D eigenvalue weighted by molar-refractivity contribution is -0.138. The first kappa shape index (κ1) is 25.3. The molecule has 1 aromatic rings. The first-order chi connectivity index (χ1) is 15.0. The first-order valence-electron chi connectivity index (χ1n) is 10.1. The van der Waals surface area contributed by atoms with Crippen LogP contribution < -0.4 is 22.1 Å². The number of amidine groups is 1. The average Bonchev–Trinajstić information content (AvgIpc) is 3.36. The molecule has 2 unspecified atom stereocenters. The molecule has 11 nitrogen and oxygen atoms in total. The fourth-order valence-electron chi connectivity index (χ4n) is 3.20. The molecule has 0 spiro atoms. The molecule has 176 valence electrons. The summed E-state index contributed by atoms with van der Waals surface area (Å²) < 4.78 is 5.12. The second-order valence-corrected chi connectivity index (χ2v) is 9.39. The van der Waals surface area contributed by atoms with E-state index in [4.69, 9.17) is 16.2 Å². The average molecular weight is 467 g/mol. The molecule has 4 amide bonds. The predicted octanol–water partition coefficient (Wildman–Crippen LogP) is -0.0735. The van der Waals surface area contributed by atoms with E-state index < -0.39 is 17.7 Å². The monoisotopic (exact) mass is 466 g/mol. The van der Waals surface area contributed by atoms with Crippen LogP contribution in [-0.4, -0.2) is 66.3 Å². The lowest BCUT2D eigenvalue weighted by atomic mass is 10.1. The molecule has 2 rings (SSSR count). The van der Waals surface area contributed by atoms with Crippen LogP contribution in [0.3, 0.4) is 0 Å². The molecule has 1 fully saturated rings. The van der Waals surface area contributed by atoms with E-state index in [0.29, 0.717) is 31.5 Å². The van der Waals surface area contributed by atoms with Crippen molar-refractivity contribution in [2.24, 2.45) is 22.4 Å². The van der Waals surface area contributed by atoms with Crippen molar-refractivity contribution in [3.8, 4) is 0 Å². The fraction of sp³-hybridized carbons (Fsp3) is 0.550. The summed E-state index contributed by atoms with van der Waals surface area (Å²) in [5.41, 5.74) is 11.5.